The summed E-state index contributed by atoms with van der Waals surface area (Å²) in [6.45, 7) is 7.08. The molecule has 1 N–H and O–H groups in total. The molecule has 0 saturated carbocycles. The molecular weight excluding hydrogens is 202 g/mol. The Morgan fingerprint density at radius 2 is 1.56 bits per heavy atom. The molecule has 0 fully saturated rings. The molecule has 0 aliphatic rings. The van der Waals surface area contributed by atoms with Gasteiger partial charge in [-0.15, -0.1) is 0 Å². The molecule has 98 valence electrons. The molecule has 0 amide bonds. The third-order valence-electron chi connectivity index (χ3n) is 2.46. The molecule has 3 heteroatoms. The fourth-order valence-corrected chi connectivity index (χ4v) is 1.52. The summed E-state index contributed by atoms with van der Waals surface area (Å²) in [6, 6.07) is 0. The summed E-state index contributed by atoms with van der Waals surface area (Å²) in [4.78, 5) is 0. The van der Waals surface area contributed by atoms with Gasteiger partial charge in [-0.25, -0.2) is 0 Å². The second-order valence-electron chi connectivity index (χ2n) is 4.12. The van der Waals surface area contributed by atoms with Crippen molar-refractivity contribution < 1.29 is 9.47 Å². The standard InChI is InChI=1S/C13H29NO2/c1-3-9-14-10-6-4-5-7-12-16-13-8-11-15-2/h14H,3-13H2,1-2H3. The molecule has 0 atom stereocenters. The van der Waals surface area contributed by atoms with Gasteiger partial charge in [0.1, 0.15) is 0 Å². The number of unbranched alkanes of at least 4 members (excludes halogenated alkanes) is 3. The lowest BCUT2D eigenvalue weighted by Gasteiger charge is -2.04. The minimum absolute atomic E-state index is 0.809. The van der Waals surface area contributed by atoms with Gasteiger partial charge in [-0.1, -0.05) is 19.8 Å². The molecule has 3 nitrogen and oxygen atoms in total. The van der Waals surface area contributed by atoms with E-state index >= 15 is 0 Å². The molecule has 0 aromatic carbocycles. The van der Waals surface area contributed by atoms with E-state index in [1.54, 1.807) is 7.11 Å². The summed E-state index contributed by atoms with van der Waals surface area (Å²) >= 11 is 0. The van der Waals surface area contributed by atoms with Crippen LogP contribution in [0.5, 0.6) is 0 Å². The average molecular weight is 231 g/mol. The zero-order valence-corrected chi connectivity index (χ0v) is 11.1. The molecular formula is C13H29NO2. The molecule has 0 saturated heterocycles. The third kappa shape index (κ3) is 13.9. The first kappa shape index (κ1) is 15.9. The SMILES string of the molecule is CCCNCCCCCCOCCCOC. The van der Waals surface area contributed by atoms with Gasteiger partial charge in [0.2, 0.25) is 0 Å². The van der Waals surface area contributed by atoms with Gasteiger partial charge in [-0.3, -0.25) is 0 Å². The zero-order valence-electron chi connectivity index (χ0n) is 11.1. The molecule has 0 rings (SSSR count). The van der Waals surface area contributed by atoms with E-state index in [1.165, 1.54) is 38.6 Å². The first-order valence-electron chi connectivity index (χ1n) is 6.69. The van der Waals surface area contributed by atoms with E-state index in [-0.39, 0.29) is 0 Å². The van der Waals surface area contributed by atoms with Crippen molar-refractivity contribution >= 4 is 0 Å². The van der Waals surface area contributed by atoms with Crippen LogP contribution in [0.15, 0.2) is 0 Å². The number of nitrogens with one attached hydrogen (secondary N) is 1. The fraction of sp³-hybridized carbons (Fsp3) is 1.00. The van der Waals surface area contributed by atoms with Crippen molar-refractivity contribution in [3.05, 3.63) is 0 Å². The van der Waals surface area contributed by atoms with Crippen molar-refractivity contribution in [1.82, 2.24) is 5.32 Å². The zero-order chi connectivity index (χ0) is 11.9. The van der Waals surface area contributed by atoms with Crippen LogP contribution >= 0.6 is 0 Å². The van der Waals surface area contributed by atoms with Crippen LogP contribution in [0, 0.1) is 0 Å². The van der Waals surface area contributed by atoms with Crippen LogP contribution in [-0.4, -0.2) is 40.0 Å². The Kier molecular flexibility index (Phi) is 14.8. The number of rotatable bonds is 13. The molecule has 0 bridgehead atoms. The summed E-state index contributed by atoms with van der Waals surface area (Å²) < 4.78 is 10.4. The Morgan fingerprint density at radius 1 is 0.812 bits per heavy atom. The van der Waals surface area contributed by atoms with Crippen LogP contribution in [0.4, 0.5) is 0 Å². The summed E-state index contributed by atoms with van der Waals surface area (Å²) in [5.74, 6) is 0. The highest BCUT2D eigenvalue weighted by molar-refractivity contribution is 4.48. The topological polar surface area (TPSA) is 30.5 Å². The minimum Gasteiger partial charge on any atom is -0.385 e. The van der Waals surface area contributed by atoms with Crippen molar-refractivity contribution in [2.45, 2.75) is 45.4 Å². The van der Waals surface area contributed by atoms with Crippen molar-refractivity contribution in [3.63, 3.8) is 0 Å². The summed E-state index contributed by atoms with van der Waals surface area (Å²) in [5.41, 5.74) is 0. The molecule has 0 spiro atoms. The molecule has 0 radical (unpaired) electrons. The van der Waals surface area contributed by atoms with E-state index in [0.29, 0.717) is 0 Å². The fourth-order valence-electron chi connectivity index (χ4n) is 1.52. The van der Waals surface area contributed by atoms with Crippen LogP contribution < -0.4 is 5.32 Å². The quantitative estimate of drug-likeness (QED) is 0.494. The summed E-state index contributed by atoms with van der Waals surface area (Å²) in [7, 11) is 1.73. The van der Waals surface area contributed by atoms with Gasteiger partial charge in [0.15, 0.2) is 0 Å². The molecule has 0 unspecified atom stereocenters. The maximum Gasteiger partial charge on any atom is 0.0487 e. The lowest BCUT2D eigenvalue weighted by atomic mass is 10.2. The van der Waals surface area contributed by atoms with Gasteiger partial charge < -0.3 is 14.8 Å². The molecule has 16 heavy (non-hydrogen) atoms. The summed E-state index contributed by atoms with van der Waals surface area (Å²) in [5, 5.41) is 3.42. The van der Waals surface area contributed by atoms with Crippen molar-refractivity contribution in [3.8, 4) is 0 Å². The third-order valence-corrected chi connectivity index (χ3v) is 2.46. The number of hydrogen-bond donors (Lipinski definition) is 1. The smallest absolute Gasteiger partial charge is 0.0487 e. The van der Waals surface area contributed by atoms with E-state index in [2.05, 4.69) is 12.2 Å². The van der Waals surface area contributed by atoms with E-state index in [1.807, 2.05) is 0 Å². The van der Waals surface area contributed by atoms with Crippen LogP contribution in [0.25, 0.3) is 0 Å². The highest BCUT2D eigenvalue weighted by atomic mass is 16.5. The van der Waals surface area contributed by atoms with E-state index < -0.39 is 0 Å². The van der Waals surface area contributed by atoms with E-state index in [9.17, 15) is 0 Å². The second kappa shape index (κ2) is 14.9. The average Bonchev–Trinajstić information content (AvgIpc) is 2.31. The maximum absolute atomic E-state index is 5.49. The maximum atomic E-state index is 5.49. The highest BCUT2D eigenvalue weighted by Crippen LogP contribution is 1.99. The Balaban J connectivity index is 2.83. The van der Waals surface area contributed by atoms with Gasteiger partial charge in [-0.05, 0) is 38.8 Å². The molecule has 0 aromatic heterocycles. The monoisotopic (exact) mass is 231 g/mol. The van der Waals surface area contributed by atoms with Gasteiger partial charge in [0.05, 0.1) is 0 Å². The largest absolute Gasteiger partial charge is 0.385 e. The molecule has 0 aromatic rings. The Bertz CT molecular complexity index is 107. The lowest BCUT2D eigenvalue weighted by Crippen LogP contribution is -2.15. The van der Waals surface area contributed by atoms with Crippen molar-refractivity contribution in [2.75, 3.05) is 40.0 Å². The van der Waals surface area contributed by atoms with Crippen LogP contribution in [0.3, 0.4) is 0 Å². The first-order chi connectivity index (χ1) is 7.91. The number of hydrogen-bond acceptors (Lipinski definition) is 3. The molecule has 0 heterocycles. The highest BCUT2D eigenvalue weighted by Gasteiger charge is 1.91. The van der Waals surface area contributed by atoms with E-state index in [4.69, 9.17) is 9.47 Å². The second-order valence-corrected chi connectivity index (χ2v) is 4.12. The first-order valence-corrected chi connectivity index (χ1v) is 6.69. The Morgan fingerprint density at radius 3 is 2.31 bits per heavy atom. The lowest BCUT2D eigenvalue weighted by molar-refractivity contribution is 0.100. The van der Waals surface area contributed by atoms with Gasteiger partial charge in [-0.2, -0.15) is 0 Å². The van der Waals surface area contributed by atoms with Gasteiger partial charge in [0.25, 0.3) is 0 Å². The normalized spacial score (nSPS) is 10.9. The number of methoxy groups -OCH3 is 1. The van der Waals surface area contributed by atoms with Gasteiger partial charge >= 0.3 is 0 Å². The van der Waals surface area contributed by atoms with E-state index in [0.717, 1.165) is 32.8 Å². The number of ether oxygens (including phenoxy) is 2. The van der Waals surface area contributed by atoms with Gasteiger partial charge in [0, 0.05) is 26.9 Å². The predicted molar refractivity (Wildman–Crippen MR) is 68.9 cm³/mol. The van der Waals surface area contributed by atoms with Crippen LogP contribution in [0.2, 0.25) is 0 Å². The predicted octanol–water partition coefficient (Wildman–Crippen LogP) is 2.60. The van der Waals surface area contributed by atoms with Crippen molar-refractivity contribution in [1.29, 1.82) is 0 Å². The summed E-state index contributed by atoms with van der Waals surface area (Å²) in [6.07, 6.45) is 7.34. The van der Waals surface area contributed by atoms with Crippen LogP contribution in [0.1, 0.15) is 45.4 Å². The molecule has 0 aliphatic carbocycles. The Hall–Kier alpha value is -0.120. The van der Waals surface area contributed by atoms with Crippen LogP contribution in [-0.2, 0) is 9.47 Å². The minimum atomic E-state index is 0.809. The van der Waals surface area contributed by atoms with Crippen molar-refractivity contribution in [2.24, 2.45) is 0 Å². The molecule has 0 aliphatic heterocycles. The Labute approximate surface area is 101 Å².